The van der Waals surface area contributed by atoms with Crippen LogP contribution in [-0.4, -0.2) is 43.0 Å². The largest absolute Gasteiger partial charge is 0.497 e. The van der Waals surface area contributed by atoms with E-state index >= 15 is 0 Å². The monoisotopic (exact) mass is 358 g/mol. The van der Waals surface area contributed by atoms with Crippen molar-refractivity contribution in [2.24, 2.45) is 5.92 Å². The summed E-state index contributed by atoms with van der Waals surface area (Å²) in [5.41, 5.74) is 0.961. The van der Waals surface area contributed by atoms with Gasteiger partial charge in [0.1, 0.15) is 5.75 Å². The van der Waals surface area contributed by atoms with Crippen LogP contribution in [0.5, 0.6) is 5.75 Å². The van der Waals surface area contributed by atoms with Crippen LogP contribution in [-0.2, 0) is 16.0 Å². The summed E-state index contributed by atoms with van der Waals surface area (Å²) in [6.07, 6.45) is 7.39. The predicted molar refractivity (Wildman–Crippen MR) is 101 cm³/mol. The molecule has 0 aromatic heterocycles. The third-order valence-corrected chi connectivity index (χ3v) is 5.65. The lowest BCUT2D eigenvalue weighted by Crippen LogP contribution is -2.52. The molecule has 1 heterocycles. The van der Waals surface area contributed by atoms with Crippen LogP contribution in [0.3, 0.4) is 0 Å². The maximum atomic E-state index is 13.1. The molecule has 1 aromatic rings. The molecule has 0 spiro atoms. The number of carbonyl (C=O) groups excluding carboxylic acids is 2. The van der Waals surface area contributed by atoms with Gasteiger partial charge in [-0.3, -0.25) is 9.59 Å². The van der Waals surface area contributed by atoms with Crippen molar-refractivity contribution < 1.29 is 14.3 Å². The zero-order valence-corrected chi connectivity index (χ0v) is 15.7. The standard InChI is InChI=1S/C21H30N2O3/c1-26-17-9-7-8-16(14-17)15-20(24)23-13-6-2-5-12-22-21(25)18-10-3-4-11-19(18)23/h7-9,14,18-19H,2-6,10-13,15H2,1H3,(H,22,25). The second-order valence-corrected chi connectivity index (χ2v) is 7.43. The Morgan fingerprint density at radius 3 is 2.88 bits per heavy atom. The zero-order valence-electron chi connectivity index (χ0n) is 15.7. The highest BCUT2D eigenvalue weighted by Crippen LogP contribution is 2.30. The molecule has 5 nitrogen and oxygen atoms in total. The lowest BCUT2D eigenvalue weighted by atomic mass is 9.82. The molecule has 2 atom stereocenters. The van der Waals surface area contributed by atoms with E-state index in [2.05, 4.69) is 5.32 Å². The van der Waals surface area contributed by atoms with Gasteiger partial charge in [-0.2, -0.15) is 0 Å². The van der Waals surface area contributed by atoms with Gasteiger partial charge in [0.2, 0.25) is 11.8 Å². The maximum absolute atomic E-state index is 13.1. The molecule has 5 heteroatoms. The van der Waals surface area contributed by atoms with Gasteiger partial charge >= 0.3 is 0 Å². The van der Waals surface area contributed by atoms with Crippen molar-refractivity contribution in [3.8, 4) is 5.75 Å². The molecule has 142 valence electrons. The minimum atomic E-state index is -0.0592. The van der Waals surface area contributed by atoms with Gasteiger partial charge in [-0.25, -0.2) is 0 Å². The van der Waals surface area contributed by atoms with Crippen molar-refractivity contribution in [1.82, 2.24) is 10.2 Å². The molecule has 3 rings (SSSR count). The van der Waals surface area contributed by atoms with E-state index in [-0.39, 0.29) is 23.8 Å². The van der Waals surface area contributed by atoms with Gasteiger partial charge in [0.25, 0.3) is 0 Å². The quantitative estimate of drug-likeness (QED) is 0.904. The second kappa shape index (κ2) is 9.06. The van der Waals surface area contributed by atoms with E-state index < -0.39 is 0 Å². The SMILES string of the molecule is COc1cccc(CC(=O)N2CCCCCNC(=O)C3CCCCC32)c1. The van der Waals surface area contributed by atoms with Gasteiger partial charge in [-0.15, -0.1) is 0 Å². The fourth-order valence-corrected chi connectivity index (χ4v) is 4.25. The summed E-state index contributed by atoms with van der Waals surface area (Å²) in [7, 11) is 1.64. The summed E-state index contributed by atoms with van der Waals surface area (Å²) in [6, 6.07) is 7.73. The molecule has 1 saturated carbocycles. The van der Waals surface area contributed by atoms with Crippen molar-refractivity contribution in [2.45, 2.75) is 57.4 Å². The van der Waals surface area contributed by atoms with E-state index in [0.29, 0.717) is 6.42 Å². The molecule has 2 fully saturated rings. The molecule has 2 amide bonds. The Morgan fingerprint density at radius 1 is 1.19 bits per heavy atom. The van der Waals surface area contributed by atoms with Crippen molar-refractivity contribution >= 4 is 11.8 Å². The Bertz CT molecular complexity index is 631. The highest BCUT2D eigenvalue weighted by atomic mass is 16.5. The van der Waals surface area contributed by atoms with Crippen LogP contribution < -0.4 is 10.1 Å². The number of fused-ring (bicyclic) bond motifs is 1. The van der Waals surface area contributed by atoms with E-state index in [4.69, 9.17) is 4.74 Å². The van der Waals surface area contributed by atoms with Crippen LogP contribution in [0.2, 0.25) is 0 Å². The number of rotatable bonds is 3. The minimum Gasteiger partial charge on any atom is -0.497 e. The number of amides is 2. The lowest BCUT2D eigenvalue weighted by Gasteiger charge is -2.40. The fourth-order valence-electron chi connectivity index (χ4n) is 4.25. The van der Waals surface area contributed by atoms with E-state index in [1.54, 1.807) is 7.11 Å². The summed E-state index contributed by atoms with van der Waals surface area (Å²) in [5, 5.41) is 3.08. The van der Waals surface area contributed by atoms with Gasteiger partial charge in [0.05, 0.1) is 19.4 Å². The molecule has 1 saturated heterocycles. The summed E-state index contributed by atoms with van der Waals surface area (Å²) < 4.78 is 5.27. The molecule has 1 aromatic carbocycles. The number of hydrogen-bond acceptors (Lipinski definition) is 3. The van der Waals surface area contributed by atoms with Crippen molar-refractivity contribution in [3.63, 3.8) is 0 Å². The first-order valence-corrected chi connectivity index (χ1v) is 9.89. The average molecular weight is 358 g/mol. The van der Waals surface area contributed by atoms with Crippen LogP contribution in [0.25, 0.3) is 0 Å². The van der Waals surface area contributed by atoms with E-state index in [1.165, 1.54) is 0 Å². The topological polar surface area (TPSA) is 58.6 Å². The summed E-state index contributed by atoms with van der Waals surface area (Å²) in [6.45, 7) is 1.52. The number of methoxy groups -OCH3 is 1. The van der Waals surface area contributed by atoms with Gasteiger partial charge in [0.15, 0.2) is 0 Å². The number of hydrogen-bond donors (Lipinski definition) is 1. The molecule has 2 unspecified atom stereocenters. The molecule has 1 aliphatic carbocycles. The van der Waals surface area contributed by atoms with Crippen LogP contribution >= 0.6 is 0 Å². The zero-order chi connectivity index (χ0) is 18.4. The Morgan fingerprint density at radius 2 is 2.04 bits per heavy atom. The van der Waals surface area contributed by atoms with Crippen LogP contribution in [0.1, 0.15) is 50.5 Å². The summed E-state index contributed by atoms with van der Waals surface area (Å²) in [5.74, 6) is 0.974. The fraction of sp³-hybridized carbons (Fsp3) is 0.619. The molecule has 1 N–H and O–H groups in total. The molecule has 2 aliphatic rings. The van der Waals surface area contributed by atoms with Crippen LogP contribution in [0.4, 0.5) is 0 Å². The number of carbonyl (C=O) groups is 2. The Labute approximate surface area is 156 Å². The van der Waals surface area contributed by atoms with Gasteiger partial charge < -0.3 is 15.0 Å². The second-order valence-electron chi connectivity index (χ2n) is 7.43. The van der Waals surface area contributed by atoms with Crippen molar-refractivity contribution in [1.29, 1.82) is 0 Å². The summed E-state index contributed by atoms with van der Waals surface area (Å²) in [4.78, 5) is 27.8. The lowest BCUT2D eigenvalue weighted by molar-refractivity contribution is -0.138. The van der Waals surface area contributed by atoms with E-state index in [9.17, 15) is 9.59 Å². The highest BCUT2D eigenvalue weighted by Gasteiger charge is 2.36. The average Bonchev–Trinajstić information content (AvgIpc) is 2.67. The molecular weight excluding hydrogens is 328 g/mol. The molecule has 0 radical (unpaired) electrons. The Hall–Kier alpha value is -2.04. The smallest absolute Gasteiger partial charge is 0.227 e. The minimum absolute atomic E-state index is 0.0416. The van der Waals surface area contributed by atoms with E-state index in [0.717, 1.165) is 69.3 Å². The number of ether oxygens (including phenoxy) is 1. The van der Waals surface area contributed by atoms with Gasteiger partial charge in [0, 0.05) is 19.1 Å². The van der Waals surface area contributed by atoms with Crippen molar-refractivity contribution in [2.75, 3.05) is 20.2 Å². The van der Waals surface area contributed by atoms with Crippen LogP contribution in [0, 0.1) is 5.92 Å². The normalized spacial score (nSPS) is 24.3. The first-order chi connectivity index (χ1) is 12.7. The van der Waals surface area contributed by atoms with Gasteiger partial charge in [-0.05, 0) is 49.8 Å². The summed E-state index contributed by atoms with van der Waals surface area (Å²) >= 11 is 0. The third-order valence-electron chi connectivity index (χ3n) is 5.65. The third kappa shape index (κ3) is 4.57. The number of nitrogens with zero attached hydrogens (tertiary/aromatic N) is 1. The molecule has 0 bridgehead atoms. The molecular formula is C21H30N2O3. The Balaban J connectivity index is 1.78. The van der Waals surface area contributed by atoms with E-state index in [1.807, 2.05) is 29.2 Å². The predicted octanol–water partition coefficient (Wildman–Crippen LogP) is 2.93. The first-order valence-electron chi connectivity index (χ1n) is 9.89. The Kier molecular flexibility index (Phi) is 6.53. The maximum Gasteiger partial charge on any atom is 0.227 e. The number of benzene rings is 1. The van der Waals surface area contributed by atoms with Crippen LogP contribution in [0.15, 0.2) is 24.3 Å². The highest BCUT2D eigenvalue weighted by molar-refractivity contribution is 5.83. The van der Waals surface area contributed by atoms with Crippen molar-refractivity contribution in [3.05, 3.63) is 29.8 Å². The molecule has 1 aliphatic heterocycles. The number of nitrogens with one attached hydrogen (secondary N) is 1. The molecule has 26 heavy (non-hydrogen) atoms. The first kappa shape index (κ1) is 18.7. The van der Waals surface area contributed by atoms with Gasteiger partial charge in [-0.1, -0.05) is 25.0 Å².